The van der Waals surface area contributed by atoms with Crippen molar-refractivity contribution < 1.29 is 4.74 Å². The van der Waals surface area contributed by atoms with E-state index < -0.39 is 0 Å². The molecule has 0 aliphatic carbocycles. The third-order valence-corrected chi connectivity index (χ3v) is 5.21. The summed E-state index contributed by atoms with van der Waals surface area (Å²) in [6.07, 6.45) is 1.00. The van der Waals surface area contributed by atoms with Crippen molar-refractivity contribution in [1.29, 1.82) is 0 Å². The highest BCUT2D eigenvalue weighted by Crippen LogP contribution is 2.29. The summed E-state index contributed by atoms with van der Waals surface area (Å²) < 4.78 is 7.50. The molecule has 3 rings (SSSR count). The summed E-state index contributed by atoms with van der Waals surface area (Å²) in [4.78, 5) is 4.77. The van der Waals surface area contributed by atoms with Crippen LogP contribution in [0.15, 0.2) is 41.8 Å². The molecule has 1 aromatic carbocycles. The van der Waals surface area contributed by atoms with Crippen LogP contribution in [0.5, 0.6) is 0 Å². The van der Waals surface area contributed by atoms with Gasteiger partial charge in [0.25, 0.3) is 0 Å². The minimum atomic E-state index is 0.721. The van der Waals surface area contributed by atoms with Gasteiger partial charge in [-0.25, -0.2) is 4.98 Å². The summed E-state index contributed by atoms with van der Waals surface area (Å²) in [5, 5.41) is 6.55. The summed E-state index contributed by atoms with van der Waals surface area (Å²) in [7, 11) is 1.74. The zero-order valence-corrected chi connectivity index (χ0v) is 15.9. The van der Waals surface area contributed by atoms with Gasteiger partial charge in [-0.15, -0.1) is 11.3 Å². The average molecular weight is 356 g/mol. The molecule has 0 fully saturated rings. The summed E-state index contributed by atoms with van der Waals surface area (Å²) >= 11 is 1.67. The highest BCUT2D eigenvalue weighted by molar-refractivity contribution is 7.14. The van der Waals surface area contributed by atoms with Gasteiger partial charge < -0.3 is 14.6 Å². The first-order valence-corrected chi connectivity index (χ1v) is 9.46. The molecule has 0 atom stereocenters. The normalized spacial score (nSPS) is 11.0. The second kappa shape index (κ2) is 8.32. The van der Waals surface area contributed by atoms with E-state index in [4.69, 9.17) is 9.72 Å². The zero-order chi connectivity index (χ0) is 17.6. The number of hydrogen-bond donors (Lipinski definition) is 1. The van der Waals surface area contributed by atoms with Gasteiger partial charge >= 0.3 is 0 Å². The highest BCUT2D eigenvalue weighted by Gasteiger charge is 2.13. The maximum Gasteiger partial charge on any atom is 0.183 e. The number of thiazole rings is 1. The van der Waals surface area contributed by atoms with Crippen LogP contribution < -0.4 is 5.32 Å². The standard InChI is InChI=1S/C20H25N3OS/c1-15-13-18(16(2)23(15)11-12-24-3)19-14-25-20(22-19)21-10-9-17-7-5-4-6-8-17/h4-8,13-14H,9-12H2,1-3H3,(H,21,22). The molecular weight excluding hydrogens is 330 g/mol. The van der Waals surface area contributed by atoms with E-state index in [2.05, 4.69) is 59.4 Å². The van der Waals surface area contributed by atoms with Crippen molar-refractivity contribution in [2.45, 2.75) is 26.8 Å². The molecule has 1 N–H and O–H groups in total. The molecule has 0 saturated carbocycles. The van der Waals surface area contributed by atoms with E-state index in [0.717, 1.165) is 36.9 Å². The Labute approximate surface area is 153 Å². The lowest BCUT2D eigenvalue weighted by molar-refractivity contribution is 0.186. The topological polar surface area (TPSA) is 39.1 Å². The molecule has 0 unspecified atom stereocenters. The van der Waals surface area contributed by atoms with Gasteiger partial charge in [-0.3, -0.25) is 0 Å². The smallest absolute Gasteiger partial charge is 0.183 e. The number of hydrogen-bond acceptors (Lipinski definition) is 4. The molecule has 3 aromatic rings. The number of ether oxygens (including phenoxy) is 1. The molecule has 0 aliphatic rings. The Hall–Kier alpha value is -2.11. The van der Waals surface area contributed by atoms with Gasteiger partial charge in [0.15, 0.2) is 5.13 Å². The van der Waals surface area contributed by atoms with Crippen LogP contribution >= 0.6 is 11.3 Å². The number of anilines is 1. The number of rotatable bonds is 8. The van der Waals surface area contributed by atoms with Gasteiger partial charge in [-0.1, -0.05) is 30.3 Å². The fourth-order valence-corrected chi connectivity index (χ4v) is 3.76. The molecule has 0 saturated heterocycles. The Bertz CT molecular complexity index is 808. The fourth-order valence-electron chi connectivity index (χ4n) is 3.02. The zero-order valence-electron chi connectivity index (χ0n) is 15.1. The van der Waals surface area contributed by atoms with Crippen molar-refractivity contribution >= 4 is 16.5 Å². The number of aryl methyl sites for hydroxylation is 1. The maximum absolute atomic E-state index is 5.21. The molecule has 0 spiro atoms. The van der Waals surface area contributed by atoms with E-state index >= 15 is 0 Å². The van der Waals surface area contributed by atoms with Crippen molar-refractivity contribution in [3.05, 3.63) is 58.7 Å². The number of nitrogens with zero attached hydrogens (tertiary/aromatic N) is 2. The fraction of sp³-hybridized carbons (Fsp3) is 0.350. The van der Waals surface area contributed by atoms with E-state index in [1.807, 2.05) is 6.07 Å². The minimum absolute atomic E-state index is 0.721. The SMILES string of the molecule is COCCn1c(C)cc(-c2csc(NCCc3ccccc3)n2)c1C. The summed E-state index contributed by atoms with van der Waals surface area (Å²) in [6.45, 7) is 6.78. The first-order valence-electron chi connectivity index (χ1n) is 8.58. The maximum atomic E-state index is 5.21. The molecule has 0 aliphatic heterocycles. The molecular formula is C20H25N3OS. The lowest BCUT2D eigenvalue weighted by atomic mass is 10.1. The van der Waals surface area contributed by atoms with Crippen LogP contribution in [-0.2, 0) is 17.7 Å². The second-order valence-corrected chi connectivity index (χ2v) is 6.99. The van der Waals surface area contributed by atoms with Gasteiger partial charge in [0.05, 0.1) is 12.3 Å². The lowest BCUT2D eigenvalue weighted by Crippen LogP contribution is -2.07. The van der Waals surface area contributed by atoms with E-state index in [1.54, 1.807) is 18.4 Å². The summed E-state index contributed by atoms with van der Waals surface area (Å²) in [5.41, 5.74) is 6.09. The van der Waals surface area contributed by atoms with Crippen LogP contribution in [0.1, 0.15) is 17.0 Å². The van der Waals surface area contributed by atoms with Crippen LogP contribution in [0, 0.1) is 13.8 Å². The number of methoxy groups -OCH3 is 1. The third kappa shape index (κ3) is 4.30. The van der Waals surface area contributed by atoms with Crippen LogP contribution in [0.2, 0.25) is 0 Å². The van der Waals surface area contributed by atoms with Gasteiger partial charge in [0.1, 0.15) is 0 Å². The third-order valence-electron chi connectivity index (χ3n) is 4.41. The van der Waals surface area contributed by atoms with Gasteiger partial charge in [-0.05, 0) is 31.9 Å². The molecule has 0 bridgehead atoms. The van der Waals surface area contributed by atoms with E-state index in [1.165, 1.54) is 22.5 Å². The van der Waals surface area contributed by atoms with E-state index in [9.17, 15) is 0 Å². The van der Waals surface area contributed by atoms with Crippen molar-refractivity contribution in [2.24, 2.45) is 0 Å². The molecule has 25 heavy (non-hydrogen) atoms. The number of benzene rings is 1. The monoisotopic (exact) mass is 355 g/mol. The largest absolute Gasteiger partial charge is 0.383 e. The van der Waals surface area contributed by atoms with Crippen LogP contribution in [-0.4, -0.2) is 29.8 Å². The summed E-state index contributed by atoms with van der Waals surface area (Å²) in [6, 6.07) is 12.7. The predicted molar refractivity (Wildman–Crippen MR) is 106 cm³/mol. The highest BCUT2D eigenvalue weighted by atomic mass is 32.1. The Kier molecular flexibility index (Phi) is 5.89. The van der Waals surface area contributed by atoms with E-state index in [-0.39, 0.29) is 0 Å². The van der Waals surface area contributed by atoms with Crippen molar-refractivity contribution in [3.63, 3.8) is 0 Å². The Balaban J connectivity index is 1.65. The van der Waals surface area contributed by atoms with Crippen molar-refractivity contribution in [2.75, 3.05) is 25.6 Å². The van der Waals surface area contributed by atoms with Gasteiger partial charge in [0, 0.05) is 42.5 Å². The van der Waals surface area contributed by atoms with Crippen LogP contribution in [0.4, 0.5) is 5.13 Å². The molecule has 0 amide bonds. The molecule has 2 heterocycles. The Morgan fingerprint density at radius 3 is 2.76 bits per heavy atom. The lowest BCUT2D eigenvalue weighted by Gasteiger charge is -2.08. The van der Waals surface area contributed by atoms with Crippen LogP contribution in [0.3, 0.4) is 0 Å². The quantitative estimate of drug-likeness (QED) is 0.645. The molecule has 132 valence electrons. The average Bonchev–Trinajstić information content (AvgIpc) is 3.19. The predicted octanol–water partition coefficient (Wildman–Crippen LogP) is 4.53. The van der Waals surface area contributed by atoms with Crippen molar-refractivity contribution in [1.82, 2.24) is 9.55 Å². The molecule has 4 nitrogen and oxygen atoms in total. The number of aromatic nitrogens is 2. The molecule has 2 aromatic heterocycles. The van der Waals surface area contributed by atoms with Crippen molar-refractivity contribution in [3.8, 4) is 11.3 Å². The molecule has 5 heteroatoms. The van der Waals surface area contributed by atoms with Crippen LogP contribution in [0.25, 0.3) is 11.3 Å². The molecule has 0 radical (unpaired) electrons. The minimum Gasteiger partial charge on any atom is -0.383 e. The van der Waals surface area contributed by atoms with E-state index in [0.29, 0.717) is 0 Å². The Morgan fingerprint density at radius 2 is 2.00 bits per heavy atom. The first kappa shape index (κ1) is 17.7. The second-order valence-electron chi connectivity index (χ2n) is 6.13. The summed E-state index contributed by atoms with van der Waals surface area (Å²) in [5.74, 6) is 0. The van der Waals surface area contributed by atoms with Gasteiger partial charge in [-0.2, -0.15) is 0 Å². The van der Waals surface area contributed by atoms with Gasteiger partial charge in [0.2, 0.25) is 0 Å². The number of nitrogens with one attached hydrogen (secondary N) is 1. The Morgan fingerprint density at radius 1 is 1.20 bits per heavy atom. The first-order chi connectivity index (χ1) is 12.2.